The molecule has 0 amide bonds. The number of rotatable bonds is 6. The Balaban J connectivity index is 0.00000182. The van der Waals surface area contributed by atoms with Gasteiger partial charge in [0.05, 0.1) is 25.0 Å². The third kappa shape index (κ3) is 3.63. The number of imidazole rings is 1. The Hall–Kier alpha value is -1.71. The summed E-state index contributed by atoms with van der Waals surface area (Å²) in [6.07, 6.45) is 2.91. The van der Waals surface area contributed by atoms with Crippen molar-refractivity contribution in [3.63, 3.8) is 0 Å². The van der Waals surface area contributed by atoms with E-state index in [1.807, 2.05) is 7.05 Å². The molecule has 2 aliphatic rings. The highest BCUT2D eigenvalue weighted by Crippen LogP contribution is 2.34. The standard InChI is InChI=1S/C15H22FN7O.ClH/c1-23-7-18-12-13(19-10-5-17-4-9(10)16)21-15(22-14(12)23)20-11(6-24)8-2-3-8;/h7-11,17,24H,2-6H2,1H3,(H2,19,20,21,22);1H/t9?,10?,11-;/m0./s1. The molecule has 3 heterocycles. The maximum absolute atomic E-state index is 13.9. The van der Waals surface area contributed by atoms with Crippen molar-refractivity contribution in [1.82, 2.24) is 24.8 Å². The Morgan fingerprint density at radius 3 is 2.84 bits per heavy atom. The van der Waals surface area contributed by atoms with Crippen molar-refractivity contribution in [3.8, 4) is 0 Å². The predicted molar refractivity (Wildman–Crippen MR) is 95.9 cm³/mol. The van der Waals surface area contributed by atoms with E-state index in [2.05, 4.69) is 30.9 Å². The summed E-state index contributed by atoms with van der Waals surface area (Å²) in [7, 11) is 1.86. The highest BCUT2D eigenvalue weighted by Gasteiger charge is 2.32. The van der Waals surface area contributed by atoms with Gasteiger partial charge in [0, 0.05) is 20.1 Å². The molecule has 3 atom stereocenters. The molecular formula is C15H23ClFN7O. The molecule has 0 aromatic carbocycles. The molecule has 1 aliphatic carbocycles. The summed E-state index contributed by atoms with van der Waals surface area (Å²) in [5.41, 5.74) is 1.29. The molecule has 25 heavy (non-hydrogen) atoms. The van der Waals surface area contributed by atoms with Gasteiger partial charge in [-0.15, -0.1) is 12.4 Å². The Labute approximate surface area is 151 Å². The Kier molecular flexibility index (Phi) is 5.26. The van der Waals surface area contributed by atoms with Gasteiger partial charge in [0.25, 0.3) is 0 Å². The van der Waals surface area contributed by atoms with E-state index in [0.717, 1.165) is 12.8 Å². The van der Waals surface area contributed by atoms with E-state index in [0.29, 0.717) is 41.9 Å². The van der Waals surface area contributed by atoms with Gasteiger partial charge in [-0.25, -0.2) is 9.37 Å². The first-order valence-corrected chi connectivity index (χ1v) is 8.33. The molecule has 2 aromatic heterocycles. The summed E-state index contributed by atoms with van der Waals surface area (Å²) in [5.74, 6) is 1.42. The molecule has 1 saturated carbocycles. The zero-order valence-electron chi connectivity index (χ0n) is 13.9. The van der Waals surface area contributed by atoms with Gasteiger partial charge in [-0.1, -0.05) is 0 Å². The van der Waals surface area contributed by atoms with Crippen LogP contribution in [-0.4, -0.2) is 62.6 Å². The van der Waals surface area contributed by atoms with Crippen LogP contribution >= 0.6 is 12.4 Å². The van der Waals surface area contributed by atoms with Crippen LogP contribution in [0.1, 0.15) is 12.8 Å². The van der Waals surface area contributed by atoms with Crippen molar-refractivity contribution in [2.45, 2.75) is 31.1 Å². The van der Waals surface area contributed by atoms with E-state index in [4.69, 9.17) is 0 Å². The Morgan fingerprint density at radius 1 is 1.40 bits per heavy atom. The Morgan fingerprint density at radius 2 is 2.20 bits per heavy atom. The summed E-state index contributed by atoms with van der Waals surface area (Å²) in [6, 6.07) is -0.388. The molecule has 2 aromatic rings. The van der Waals surface area contributed by atoms with E-state index >= 15 is 0 Å². The van der Waals surface area contributed by atoms with E-state index < -0.39 is 6.17 Å². The van der Waals surface area contributed by atoms with E-state index in [-0.39, 0.29) is 31.1 Å². The average molecular weight is 372 g/mol. The summed E-state index contributed by atoms with van der Waals surface area (Å²) in [5, 5.41) is 18.9. The number of aromatic nitrogens is 4. The molecule has 4 rings (SSSR count). The number of hydrogen-bond acceptors (Lipinski definition) is 7. The molecule has 0 spiro atoms. The van der Waals surface area contributed by atoms with Crippen molar-refractivity contribution < 1.29 is 9.50 Å². The fourth-order valence-corrected chi connectivity index (χ4v) is 3.11. The number of aryl methyl sites for hydroxylation is 1. The number of nitrogens with one attached hydrogen (secondary N) is 3. The summed E-state index contributed by atoms with van der Waals surface area (Å²) in [4.78, 5) is 13.3. The number of hydrogen-bond donors (Lipinski definition) is 4. The van der Waals surface area contributed by atoms with Crippen molar-refractivity contribution >= 4 is 35.3 Å². The van der Waals surface area contributed by atoms with Gasteiger partial charge in [-0.3, -0.25) is 0 Å². The zero-order chi connectivity index (χ0) is 16.7. The van der Waals surface area contributed by atoms with Gasteiger partial charge in [0.1, 0.15) is 6.17 Å². The van der Waals surface area contributed by atoms with Gasteiger partial charge in [-0.2, -0.15) is 9.97 Å². The normalized spacial score (nSPS) is 24.1. The first-order chi connectivity index (χ1) is 11.7. The van der Waals surface area contributed by atoms with Crippen molar-refractivity contribution in [2.24, 2.45) is 13.0 Å². The number of alkyl halides is 1. The van der Waals surface area contributed by atoms with Crippen LogP contribution in [-0.2, 0) is 7.05 Å². The molecule has 2 fully saturated rings. The van der Waals surface area contributed by atoms with Crippen molar-refractivity contribution in [1.29, 1.82) is 0 Å². The van der Waals surface area contributed by atoms with E-state index in [1.165, 1.54) is 0 Å². The van der Waals surface area contributed by atoms with Crippen molar-refractivity contribution in [3.05, 3.63) is 6.33 Å². The van der Waals surface area contributed by atoms with Crippen LogP contribution in [0.3, 0.4) is 0 Å². The van der Waals surface area contributed by atoms with Crippen LogP contribution in [0.5, 0.6) is 0 Å². The third-order valence-electron chi connectivity index (χ3n) is 4.72. The van der Waals surface area contributed by atoms with E-state index in [9.17, 15) is 9.50 Å². The monoisotopic (exact) mass is 371 g/mol. The van der Waals surface area contributed by atoms with Crippen LogP contribution in [0.25, 0.3) is 11.2 Å². The molecule has 1 aliphatic heterocycles. The predicted octanol–water partition coefficient (Wildman–Crippen LogP) is 0.690. The van der Waals surface area contributed by atoms with Crippen LogP contribution in [0.4, 0.5) is 16.2 Å². The van der Waals surface area contributed by atoms with E-state index in [1.54, 1.807) is 10.9 Å². The van der Waals surface area contributed by atoms with Crippen LogP contribution in [0, 0.1) is 5.92 Å². The summed E-state index contributed by atoms with van der Waals surface area (Å²) in [6.45, 7) is 0.927. The molecule has 138 valence electrons. The van der Waals surface area contributed by atoms with Crippen molar-refractivity contribution in [2.75, 3.05) is 30.3 Å². The lowest BCUT2D eigenvalue weighted by Crippen LogP contribution is -2.31. The first kappa shape index (κ1) is 18.1. The Bertz CT molecular complexity index is 738. The van der Waals surface area contributed by atoms with Gasteiger partial charge >= 0.3 is 0 Å². The largest absolute Gasteiger partial charge is 0.394 e. The molecule has 10 heteroatoms. The molecular weight excluding hydrogens is 349 g/mol. The smallest absolute Gasteiger partial charge is 0.227 e. The number of nitrogens with zero attached hydrogens (tertiary/aromatic N) is 4. The minimum atomic E-state index is -0.966. The van der Waals surface area contributed by atoms with Crippen LogP contribution in [0.2, 0.25) is 0 Å². The minimum absolute atomic E-state index is 0. The van der Waals surface area contributed by atoms with Crippen LogP contribution < -0.4 is 16.0 Å². The quantitative estimate of drug-likeness (QED) is 0.592. The molecule has 0 bridgehead atoms. The lowest BCUT2D eigenvalue weighted by molar-refractivity contribution is 0.263. The lowest BCUT2D eigenvalue weighted by Gasteiger charge is -2.18. The fourth-order valence-electron chi connectivity index (χ4n) is 3.11. The summed E-state index contributed by atoms with van der Waals surface area (Å²) >= 11 is 0. The van der Waals surface area contributed by atoms with Gasteiger partial charge in [0.15, 0.2) is 17.0 Å². The number of halogens is 2. The van der Waals surface area contributed by atoms with Gasteiger partial charge < -0.3 is 25.6 Å². The molecule has 8 nitrogen and oxygen atoms in total. The molecule has 0 radical (unpaired) electrons. The number of aliphatic hydroxyl groups is 1. The lowest BCUT2D eigenvalue weighted by atomic mass is 10.2. The third-order valence-corrected chi connectivity index (χ3v) is 4.72. The van der Waals surface area contributed by atoms with Gasteiger partial charge in [0.2, 0.25) is 5.95 Å². The van der Waals surface area contributed by atoms with Crippen LogP contribution in [0.15, 0.2) is 6.33 Å². The second-order valence-electron chi connectivity index (χ2n) is 6.62. The molecule has 4 N–H and O–H groups in total. The zero-order valence-corrected chi connectivity index (χ0v) is 14.8. The van der Waals surface area contributed by atoms with Gasteiger partial charge in [-0.05, 0) is 18.8 Å². The fraction of sp³-hybridized carbons (Fsp3) is 0.667. The topological polar surface area (TPSA) is 99.9 Å². The molecule has 2 unspecified atom stereocenters. The highest BCUT2D eigenvalue weighted by atomic mass is 35.5. The minimum Gasteiger partial charge on any atom is -0.394 e. The number of anilines is 2. The second kappa shape index (κ2) is 7.27. The first-order valence-electron chi connectivity index (χ1n) is 8.33. The molecule has 1 saturated heterocycles. The second-order valence-corrected chi connectivity index (χ2v) is 6.62. The average Bonchev–Trinajstić information content (AvgIpc) is 3.25. The highest BCUT2D eigenvalue weighted by molar-refractivity contribution is 5.85. The maximum atomic E-state index is 13.9. The summed E-state index contributed by atoms with van der Waals surface area (Å²) < 4.78 is 15.7. The maximum Gasteiger partial charge on any atom is 0.227 e. The number of fused-ring (bicyclic) bond motifs is 1. The SMILES string of the molecule is Cl.Cn1cnc2c(NC3CNCC3F)nc(N[C@@H](CO)C3CC3)nc21. The number of aliphatic hydroxyl groups excluding tert-OH is 1.